The van der Waals surface area contributed by atoms with Crippen LogP contribution in [0.1, 0.15) is 46.5 Å². The Morgan fingerprint density at radius 3 is 2.81 bits per heavy atom. The molecule has 0 saturated heterocycles. The van der Waals surface area contributed by atoms with Crippen molar-refractivity contribution >= 4 is 17.6 Å². The average molecular weight is 306 g/mol. The largest absolute Gasteiger partial charge is 0.454 e. The number of hydrogen-bond acceptors (Lipinski definition) is 4. The minimum Gasteiger partial charge on any atom is -0.454 e. The Morgan fingerprint density at radius 1 is 1.38 bits per heavy atom. The SMILES string of the molecule is Cc1cc(Cl)ccc1C(=O)OCc1nnc(C)n1C1CC1. The molecule has 0 N–H and O–H groups in total. The van der Waals surface area contributed by atoms with Crippen molar-refractivity contribution < 1.29 is 9.53 Å². The molecule has 1 saturated carbocycles. The lowest BCUT2D eigenvalue weighted by atomic mass is 10.1. The van der Waals surface area contributed by atoms with Gasteiger partial charge in [-0.2, -0.15) is 0 Å². The van der Waals surface area contributed by atoms with Gasteiger partial charge in [-0.3, -0.25) is 0 Å². The van der Waals surface area contributed by atoms with Gasteiger partial charge in [0.2, 0.25) is 0 Å². The maximum atomic E-state index is 12.1. The average Bonchev–Trinajstić information content (AvgIpc) is 3.20. The Morgan fingerprint density at radius 2 is 2.14 bits per heavy atom. The summed E-state index contributed by atoms with van der Waals surface area (Å²) in [7, 11) is 0. The normalized spacial score (nSPS) is 14.2. The minimum absolute atomic E-state index is 0.137. The van der Waals surface area contributed by atoms with Crippen molar-refractivity contribution in [3.63, 3.8) is 0 Å². The summed E-state index contributed by atoms with van der Waals surface area (Å²) >= 11 is 5.89. The Kier molecular flexibility index (Phi) is 3.68. The van der Waals surface area contributed by atoms with E-state index in [0.717, 1.165) is 24.2 Å². The van der Waals surface area contributed by atoms with Gasteiger partial charge in [-0.1, -0.05) is 11.6 Å². The number of aryl methyl sites for hydroxylation is 2. The molecule has 1 aromatic carbocycles. The third kappa shape index (κ3) is 2.93. The minimum atomic E-state index is -0.368. The maximum absolute atomic E-state index is 12.1. The quantitative estimate of drug-likeness (QED) is 0.814. The first kappa shape index (κ1) is 14.1. The second-order valence-corrected chi connectivity index (χ2v) is 5.74. The molecule has 0 bridgehead atoms. The number of benzene rings is 1. The highest BCUT2D eigenvalue weighted by Gasteiger charge is 2.28. The summed E-state index contributed by atoms with van der Waals surface area (Å²) < 4.78 is 7.42. The summed E-state index contributed by atoms with van der Waals surface area (Å²) in [6.07, 6.45) is 2.27. The van der Waals surface area contributed by atoms with Crippen molar-refractivity contribution in [1.29, 1.82) is 0 Å². The molecule has 1 fully saturated rings. The zero-order valence-electron chi connectivity index (χ0n) is 12.0. The highest BCUT2D eigenvalue weighted by Crippen LogP contribution is 2.36. The van der Waals surface area contributed by atoms with Crippen LogP contribution >= 0.6 is 11.6 Å². The van der Waals surface area contributed by atoms with Gasteiger partial charge in [-0.25, -0.2) is 4.79 Å². The molecular formula is C15H16ClN3O2. The van der Waals surface area contributed by atoms with Crippen LogP contribution in [0.3, 0.4) is 0 Å². The van der Waals surface area contributed by atoms with Crippen molar-refractivity contribution in [2.75, 3.05) is 0 Å². The van der Waals surface area contributed by atoms with Crippen LogP contribution in [0.4, 0.5) is 0 Å². The highest BCUT2D eigenvalue weighted by atomic mass is 35.5. The van der Waals surface area contributed by atoms with E-state index >= 15 is 0 Å². The summed E-state index contributed by atoms with van der Waals surface area (Å²) in [5.74, 6) is 1.20. The van der Waals surface area contributed by atoms with Gasteiger partial charge in [0.25, 0.3) is 0 Å². The predicted octanol–water partition coefficient (Wildman–Crippen LogP) is 3.24. The van der Waals surface area contributed by atoms with Crippen molar-refractivity contribution in [3.8, 4) is 0 Å². The van der Waals surface area contributed by atoms with Gasteiger partial charge in [0.15, 0.2) is 12.4 Å². The number of nitrogens with zero attached hydrogens (tertiary/aromatic N) is 3. The smallest absolute Gasteiger partial charge is 0.338 e. The van der Waals surface area contributed by atoms with Crippen molar-refractivity contribution in [3.05, 3.63) is 46.0 Å². The molecule has 6 heteroatoms. The molecule has 21 heavy (non-hydrogen) atoms. The lowest BCUT2D eigenvalue weighted by Crippen LogP contribution is -2.11. The zero-order valence-corrected chi connectivity index (χ0v) is 12.7. The highest BCUT2D eigenvalue weighted by molar-refractivity contribution is 6.30. The van der Waals surface area contributed by atoms with E-state index in [4.69, 9.17) is 16.3 Å². The standard InChI is InChI=1S/C15H16ClN3O2/c1-9-7-11(16)3-6-13(9)15(20)21-8-14-18-17-10(2)19(14)12-4-5-12/h3,6-7,12H,4-5,8H2,1-2H3. The number of aromatic nitrogens is 3. The molecular weight excluding hydrogens is 290 g/mol. The number of ether oxygens (including phenoxy) is 1. The molecule has 5 nitrogen and oxygen atoms in total. The number of halogens is 1. The molecule has 0 unspecified atom stereocenters. The van der Waals surface area contributed by atoms with Crippen LogP contribution in [0.25, 0.3) is 0 Å². The van der Waals surface area contributed by atoms with E-state index in [0.29, 0.717) is 22.5 Å². The van der Waals surface area contributed by atoms with E-state index in [9.17, 15) is 4.79 Å². The third-order valence-electron chi connectivity index (χ3n) is 3.59. The first-order valence-corrected chi connectivity index (χ1v) is 7.27. The molecule has 0 amide bonds. The Labute approximate surface area is 127 Å². The van der Waals surface area contributed by atoms with E-state index < -0.39 is 0 Å². The number of carbonyl (C=O) groups is 1. The molecule has 0 aliphatic heterocycles. The van der Waals surface area contributed by atoms with Gasteiger partial charge < -0.3 is 9.30 Å². The van der Waals surface area contributed by atoms with Gasteiger partial charge >= 0.3 is 5.97 Å². The molecule has 1 aliphatic carbocycles. The summed E-state index contributed by atoms with van der Waals surface area (Å²) in [6, 6.07) is 5.57. The van der Waals surface area contributed by atoms with Crippen molar-refractivity contribution in [2.45, 2.75) is 39.3 Å². The zero-order chi connectivity index (χ0) is 15.0. The Bertz CT molecular complexity index is 692. The first-order chi connectivity index (χ1) is 10.1. The molecule has 1 aliphatic rings. The molecule has 0 radical (unpaired) electrons. The van der Waals surface area contributed by atoms with Crippen LogP contribution < -0.4 is 0 Å². The fourth-order valence-electron chi connectivity index (χ4n) is 2.38. The van der Waals surface area contributed by atoms with Crippen molar-refractivity contribution in [1.82, 2.24) is 14.8 Å². The van der Waals surface area contributed by atoms with Gasteiger partial charge in [-0.05, 0) is 50.5 Å². The molecule has 2 aromatic rings. The van der Waals surface area contributed by atoms with Gasteiger partial charge in [0.1, 0.15) is 5.82 Å². The molecule has 0 atom stereocenters. The number of carbonyl (C=O) groups excluding carboxylic acids is 1. The third-order valence-corrected chi connectivity index (χ3v) is 3.82. The molecule has 3 rings (SSSR count). The lowest BCUT2D eigenvalue weighted by molar-refractivity contribution is 0.0456. The molecule has 110 valence electrons. The van der Waals surface area contributed by atoms with Crippen LogP contribution in [0.15, 0.2) is 18.2 Å². The van der Waals surface area contributed by atoms with Crippen LogP contribution in [0, 0.1) is 13.8 Å². The summed E-state index contributed by atoms with van der Waals surface area (Å²) in [5, 5.41) is 8.76. The van der Waals surface area contributed by atoms with Crippen LogP contribution in [-0.4, -0.2) is 20.7 Å². The van der Waals surface area contributed by atoms with E-state index in [-0.39, 0.29) is 12.6 Å². The Hall–Kier alpha value is -1.88. The van der Waals surface area contributed by atoms with Gasteiger partial charge in [0.05, 0.1) is 5.56 Å². The van der Waals surface area contributed by atoms with E-state index in [1.54, 1.807) is 18.2 Å². The van der Waals surface area contributed by atoms with Crippen LogP contribution in [0.5, 0.6) is 0 Å². The topological polar surface area (TPSA) is 57.0 Å². The fourth-order valence-corrected chi connectivity index (χ4v) is 2.61. The maximum Gasteiger partial charge on any atom is 0.338 e. The molecule has 1 aromatic heterocycles. The van der Waals surface area contributed by atoms with Crippen LogP contribution in [0.2, 0.25) is 5.02 Å². The first-order valence-electron chi connectivity index (χ1n) is 6.90. The second kappa shape index (κ2) is 5.48. The number of rotatable bonds is 4. The monoisotopic (exact) mass is 305 g/mol. The summed E-state index contributed by atoms with van der Waals surface area (Å²) in [6.45, 7) is 3.89. The van der Waals surface area contributed by atoms with E-state index in [2.05, 4.69) is 14.8 Å². The summed E-state index contributed by atoms with van der Waals surface area (Å²) in [4.78, 5) is 12.1. The summed E-state index contributed by atoms with van der Waals surface area (Å²) in [5.41, 5.74) is 1.32. The lowest BCUT2D eigenvalue weighted by Gasteiger charge is -2.09. The van der Waals surface area contributed by atoms with Gasteiger partial charge in [-0.15, -0.1) is 10.2 Å². The van der Waals surface area contributed by atoms with Crippen LogP contribution in [-0.2, 0) is 11.3 Å². The van der Waals surface area contributed by atoms with E-state index in [1.165, 1.54) is 0 Å². The van der Waals surface area contributed by atoms with Crippen molar-refractivity contribution in [2.24, 2.45) is 0 Å². The van der Waals surface area contributed by atoms with E-state index in [1.807, 2.05) is 13.8 Å². The second-order valence-electron chi connectivity index (χ2n) is 5.30. The fraction of sp³-hybridized carbons (Fsp3) is 0.400. The van der Waals surface area contributed by atoms with Gasteiger partial charge in [0, 0.05) is 11.1 Å². The number of esters is 1. The predicted molar refractivity (Wildman–Crippen MR) is 78.3 cm³/mol. The number of hydrogen-bond donors (Lipinski definition) is 0. The molecule has 1 heterocycles. The Balaban J connectivity index is 1.71. The molecule has 0 spiro atoms.